The predicted octanol–water partition coefficient (Wildman–Crippen LogP) is 4.21. The van der Waals surface area contributed by atoms with Gasteiger partial charge in [0.25, 0.3) is 0 Å². The first-order valence-corrected chi connectivity index (χ1v) is 10.1. The van der Waals surface area contributed by atoms with Crippen LogP contribution in [0.25, 0.3) is 0 Å². The molecule has 0 saturated heterocycles. The van der Waals surface area contributed by atoms with Gasteiger partial charge in [0.15, 0.2) is 5.11 Å². The molecule has 3 N–H and O–H groups in total. The molecule has 0 unspecified atom stereocenters. The van der Waals surface area contributed by atoms with Crippen LogP contribution in [0.15, 0.2) is 41.3 Å². The van der Waals surface area contributed by atoms with Crippen molar-refractivity contribution >= 4 is 73.5 Å². The van der Waals surface area contributed by atoms with E-state index in [0.29, 0.717) is 26.4 Å². The maximum Gasteiger partial charge on any atom is 0.242 e. The lowest BCUT2D eigenvalue weighted by molar-refractivity contribution is 0.521. The summed E-state index contributed by atoms with van der Waals surface area (Å²) in [6.07, 6.45) is 0. The average molecular weight is 454 g/mol. The number of hydrazine groups is 1. The molecular formula is C15H15Cl3N4O2S2. The Balaban J connectivity index is 2.08. The number of rotatable bonds is 5. The molecule has 0 fully saturated rings. The summed E-state index contributed by atoms with van der Waals surface area (Å²) in [7, 11) is -0.612. The van der Waals surface area contributed by atoms with E-state index in [1.807, 2.05) is 0 Å². The van der Waals surface area contributed by atoms with Crippen molar-refractivity contribution in [1.29, 1.82) is 0 Å². The maximum atomic E-state index is 12.2. The third kappa shape index (κ3) is 5.12. The lowest BCUT2D eigenvalue weighted by atomic mass is 10.3. The quantitative estimate of drug-likeness (QED) is 0.465. The maximum absolute atomic E-state index is 12.2. The molecule has 6 nitrogen and oxygen atoms in total. The van der Waals surface area contributed by atoms with Gasteiger partial charge in [-0.1, -0.05) is 40.9 Å². The van der Waals surface area contributed by atoms with Gasteiger partial charge in [0.2, 0.25) is 10.0 Å². The van der Waals surface area contributed by atoms with Crippen LogP contribution in [0.2, 0.25) is 15.1 Å². The van der Waals surface area contributed by atoms with Crippen LogP contribution in [0.1, 0.15) is 0 Å². The van der Waals surface area contributed by atoms with Crippen LogP contribution in [0.5, 0.6) is 0 Å². The minimum atomic E-state index is -3.54. The number of nitrogens with one attached hydrogen (secondary N) is 3. The Hall–Kier alpha value is -1.29. The van der Waals surface area contributed by atoms with E-state index in [0.717, 1.165) is 4.31 Å². The van der Waals surface area contributed by atoms with E-state index in [4.69, 9.17) is 47.0 Å². The highest BCUT2D eigenvalue weighted by atomic mass is 35.5. The molecular weight excluding hydrogens is 439 g/mol. The number of benzene rings is 2. The molecule has 0 spiro atoms. The Morgan fingerprint density at radius 2 is 1.69 bits per heavy atom. The molecule has 0 aliphatic rings. The molecule has 0 radical (unpaired) electrons. The molecule has 0 amide bonds. The lowest BCUT2D eigenvalue weighted by Gasteiger charge is -2.16. The van der Waals surface area contributed by atoms with Crippen LogP contribution in [0.3, 0.4) is 0 Å². The summed E-state index contributed by atoms with van der Waals surface area (Å²) in [5.74, 6) is 0. The van der Waals surface area contributed by atoms with Gasteiger partial charge >= 0.3 is 0 Å². The van der Waals surface area contributed by atoms with Gasteiger partial charge < -0.3 is 5.32 Å². The molecule has 0 saturated carbocycles. The first-order valence-electron chi connectivity index (χ1n) is 7.11. The van der Waals surface area contributed by atoms with Crippen molar-refractivity contribution in [1.82, 2.24) is 9.73 Å². The smallest absolute Gasteiger partial charge is 0.242 e. The Bertz CT molecular complexity index is 913. The summed E-state index contributed by atoms with van der Waals surface area (Å²) in [5, 5.41) is 4.10. The van der Waals surface area contributed by atoms with Gasteiger partial charge in [0.1, 0.15) is 0 Å². The molecule has 0 heterocycles. The largest absolute Gasteiger partial charge is 0.331 e. The summed E-state index contributed by atoms with van der Waals surface area (Å²) in [6.45, 7) is 0. The zero-order valence-corrected chi connectivity index (χ0v) is 17.6. The summed E-state index contributed by atoms with van der Waals surface area (Å²) in [4.78, 5) is 0.145. The molecule has 26 heavy (non-hydrogen) atoms. The highest BCUT2D eigenvalue weighted by Gasteiger charge is 2.17. The van der Waals surface area contributed by atoms with Crippen LogP contribution in [-0.2, 0) is 10.0 Å². The Morgan fingerprint density at radius 1 is 1.08 bits per heavy atom. The van der Waals surface area contributed by atoms with Crippen molar-refractivity contribution in [3.8, 4) is 0 Å². The Morgan fingerprint density at radius 3 is 2.27 bits per heavy atom. The van der Waals surface area contributed by atoms with Gasteiger partial charge in [-0.05, 0) is 42.5 Å². The van der Waals surface area contributed by atoms with Gasteiger partial charge in [-0.15, -0.1) is 0 Å². The van der Waals surface area contributed by atoms with E-state index < -0.39 is 10.0 Å². The van der Waals surface area contributed by atoms with Crippen molar-refractivity contribution < 1.29 is 8.42 Å². The third-order valence-electron chi connectivity index (χ3n) is 3.18. The van der Waals surface area contributed by atoms with Crippen molar-refractivity contribution in [3.05, 3.63) is 51.5 Å². The lowest BCUT2D eigenvalue weighted by Crippen LogP contribution is -2.33. The summed E-state index contributed by atoms with van der Waals surface area (Å²) < 4.78 is 25.5. The second-order valence-electron chi connectivity index (χ2n) is 5.26. The Labute approximate surface area is 172 Å². The van der Waals surface area contributed by atoms with Crippen LogP contribution >= 0.6 is 47.0 Å². The molecule has 2 aromatic rings. The van der Waals surface area contributed by atoms with E-state index >= 15 is 0 Å². The SMILES string of the molecule is CN(C)S(=O)(=O)c1cccc(NC(=S)NNc2c(Cl)cc(Cl)cc2Cl)c1. The van der Waals surface area contributed by atoms with E-state index in [9.17, 15) is 8.42 Å². The highest BCUT2D eigenvalue weighted by molar-refractivity contribution is 7.89. The van der Waals surface area contributed by atoms with E-state index in [1.54, 1.807) is 12.1 Å². The monoisotopic (exact) mass is 452 g/mol. The molecule has 140 valence electrons. The first kappa shape index (κ1) is 21.0. The van der Waals surface area contributed by atoms with Crippen molar-refractivity contribution in [2.24, 2.45) is 0 Å². The molecule has 0 aliphatic heterocycles. The molecule has 0 bridgehead atoms. The van der Waals surface area contributed by atoms with Gasteiger partial charge in [-0.25, -0.2) is 12.7 Å². The number of thiocarbonyl (C=S) groups is 1. The van der Waals surface area contributed by atoms with Gasteiger partial charge in [-0.2, -0.15) is 0 Å². The van der Waals surface area contributed by atoms with Crippen LogP contribution in [-0.4, -0.2) is 31.9 Å². The molecule has 2 rings (SSSR count). The van der Waals surface area contributed by atoms with Gasteiger partial charge in [0, 0.05) is 24.8 Å². The standard InChI is InChI=1S/C15H15Cl3N4O2S2/c1-22(2)26(23,24)11-5-3-4-10(8-11)19-15(25)21-20-14-12(17)6-9(16)7-13(14)18/h3-8,20H,1-2H3,(H2,19,21,25). The van der Waals surface area contributed by atoms with Crippen molar-refractivity contribution in [2.45, 2.75) is 4.90 Å². The topological polar surface area (TPSA) is 73.5 Å². The fraction of sp³-hybridized carbons (Fsp3) is 0.133. The van der Waals surface area contributed by atoms with Crippen LogP contribution in [0, 0.1) is 0 Å². The van der Waals surface area contributed by atoms with E-state index in [-0.39, 0.29) is 10.0 Å². The molecule has 0 aliphatic carbocycles. The van der Waals surface area contributed by atoms with Crippen LogP contribution < -0.4 is 16.2 Å². The minimum Gasteiger partial charge on any atom is -0.331 e. The van der Waals surface area contributed by atoms with Crippen molar-refractivity contribution in [3.63, 3.8) is 0 Å². The number of anilines is 2. The molecule has 0 aromatic heterocycles. The zero-order valence-electron chi connectivity index (χ0n) is 13.7. The van der Waals surface area contributed by atoms with Gasteiger partial charge in [-0.3, -0.25) is 10.9 Å². The minimum absolute atomic E-state index is 0.145. The fourth-order valence-corrected chi connectivity index (χ4v) is 3.92. The number of hydrogen-bond acceptors (Lipinski definition) is 4. The fourth-order valence-electron chi connectivity index (χ4n) is 1.89. The molecule has 11 heteroatoms. The third-order valence-corrected chi connectivity index (χ3v) is 6.01. The van der Waals surface area contributed by atoms with Crippen LogP contribution in [0.4, 0.5) is 11.4 Å². The molecule has 2 aromatic carbocycles. The number of nitrogens with zero attached hydrogens (tertiary/aromatic N) is 1. The van der Waals surface area contributed by atoms with Gasteiger partial charge in [0.05, 0.1) is 20.6 Å². The Kier molecular flexibility index (Phi) is 6.95. The predicted molar refractivity (Wildman–Crippen MR) is 112 cm³/mol. The van der Waals surface area contributed by atoms with E-state index in [2.05, 4.69) is 16.2 Å². The number of sulfonamides is 1. The highest BCUT2D eigenvalue weighted by Crippen LogP contribution is 2.33. The van der Waals surface area contributed by atoms with E-state index in [1.165, 1.54) is 38.4 Å². The number of halogens is 3. The van der Waals surface area contributed by atoms with Crippen molar-refractivity contribution in [2.75, 3.05) is 24.8 Å². The summed E-state index contributed by atoms with van der Waals surface area (Å²) >= 11 is 23.2. The number of hydrogen-bond donors (Lipinski definition) is 3. The normalized spacial score (nSPS) is 11.3. The summed E-state index contributed by atoms with van der Waals surface area (Å²) in [5.41, 5.74) is 6.43. The second kappa shape index (κ2) is 8.60. The molecule has 0 atom stereocenters. The average Bonchev–Trinajstić information content (AvgIpc) is 2.53. The first-order chi connectivity index (χ1) is 12.1. The zero-order chi connectivity index (χ0) is 19.5. The summed E-state index contributed by atoms with van der Waals surface area (Å²) in [6, 6.07) is 9.34. The second-order valence-corrected chi connectivity index (χ2v) is 9.07.